The van der Waals surface area contributed by atoms with Crippen LogP contribution in [-0.4, -0.2) is 87.5 Å². The molecule has 1 aromatic carbocycles. The van der Waals surface area contributed by atoms with E-state index in [2.05, 4.69) is 26.2 Å². The molecule has 1 aliphatic rings. The van der Waals surface area contributed by atoms with Gasteiger partial charge in [0.1, 0.15) is 18.2 Å². The summed E-state index contributed by atoms with van der Waals surface area (Å²) in [7, 11) is 0. The molecule has 2 rings (SSSR count). The van der Waals surface area contributed by atoms with E-state index in [1.54, 1.807) is 0 Å². The van der Waals surface area contributed by atoms with Gasteiger partial charge in [0.05, 0.1) is 0 Å². The molecular formula is C26H45N5O4. The van der Waals surface area contributed by atoms with Gasteiger partial charge >= 0.3 is 12.1 Å². The van der Waals surface area contributed by atoms with Crippen LogP contribution >= 0.6 is 0 Å². The van der Waals surface area contributed by atoms with Gasteiger partial charge in [0.2, 0.25) is 0 Å². The number of rotatable bonds is 9. The molecule has 35 heavy (non-hydrogen) atoms. The van der Waals surface area contributed by atoms with E-state index in [4.69, 9.17) is 9.47 Å². The van der Waals surface area contributed by atoms with E-state index in [0.717, 1.165) is 70.8 Å². The van der Waals surface area contributed by atoms with E-state index in [-0.39, 0.29) is 18.6 Å². The van der Waals surface area contributed by atoms with E-state index in [0.29, 0.717) is 13.0 Å². The summed E-state index contributed by atoms with van der Waals surface area (Å²) >= 11 is 0. The van der Waals surface area contributed by atoms with Gasteiger partial charge in [-0.25, -0.2) is 4.79 Å². The first-order chi connectivity index (χ1) is 16.8. The molecule has 1 saturated heterocycles. The molecule has 0 aliphatic carbocycles. The first-order valence-corrected chi connectivity index (χ1v) is 12.9. The van der Waals surface area contributed by atoms with Gasteiger partial charge in [0.15, 0.2) is 0 Å². The van der Waals surface area contributed by atoms with Gasteiger partial charge in [-0.1, -0.05) is 30.3 Å². The third kappa shape index (κ3) is 13.5. The summed E-state index contributed by atoms with van der Waals surface area (Å²) in [5.74, 6) is -0.179. The Balaban J connectivity index is 1.82. The van der Waals surface area contributed by atoms with E-state index in [1.807, 2.05) is 51.1 Å². The highest BCUT2D eigenvalue weighted by Gasteiger charge is 2.29. The lowest BCUT2D eigenvalue weighted by molar-refractivity contribution is -0.161. The normalized spacial score (nSPS) is 17.5. The van der Waals surface area contributed by atoms with Crippen LogP contribution in [0.3, 0.4) is 0 Å². The molecule has 198 valence electrons. The number of unbranched alkanes of at least 4 members (excludes halogenated alkanes) is 1. The average molecular weight is 492 g/mol. The van der Waals surface area contributed by atoms with Gasteiger partial charge in [-0.3, -0.25) is 9.69 Å². The van der Waals surface area contributed by atoms with Gasteiger partial charge < -0.3 is 30.7 Å². The number of nitrogens with zero attached hydrogens (tertiary/aromatic N) is 1. The third-order valence-corrected chi connectivity index (χ3v) is 5.61. The van der Waals surface area contributed by atoms with Crippen LogP contribution in [0.4, 0.5) is 4.79 Å². The van der Waals surface area contributed by atoms with E-state index >= 15 is 0 Å². The van der Waals surface area contributed by atoms with Crippen molar-refractivity contribution in [1.29, 1.82) is 0 Å². The molecule has 0 aromatic heterocycles. The number of benzene rings is 1. The highest BCUT2D eigenvalue weighted by atomic mass is 16.6. The van der Waals surface area contributed by atoms with Crippen LogP contribution in [0, 0.1) is 0 Å². The van der Waals surface area contributed by atoms with Gasteiger partial charge in [0.25, 0.3) is 0 Å². The number of hydrogen-bond donors (Lipinski definition) is 4. The lowest BCUT2D eigenvalue weighted by Gasteiger charge is -2.33. The number of carbonyl (C=O) groups is 2. The highest BCUT2D eigenvalue weighted by Crippen LogP contribution is 2.16. The lowest BCUT2D eigenvalue weighted by atomic mass is 10.1. The molecule has 0 saturated carbocycles. The van der Waals surface area contributed by atoms with E-state index in [1.165, 1.54) is 0 Å². The van der Waals surface area contributed by atoms with Crippen molar-refractivity contribution in [2.24, 2.45) is 0 Å². The second kappa shape index (κ2) is 16.5. The van der Waals surface area contributed by atoms with Gasteiger partial charge in [-0.15, -0.1) is 0 Å². The summed E-state index contributed by atoms with van der Waals surface area (Å²) in [4.78, 5) is 27.3. The van der Waals surface area contributed by atoms with Gasteiger partial charge in [0, 0.05) is 58.9 Å². The van der Waals surface area contributed by atoms with Gasteiger partial charge in [-0.05, 0) is 45.6 Å². The van der Waals surface area contributed by atoms with Crippen LogP contribution in [0.15, 0.2) is 30.3 Å². The molecular weight excluding hydrogens is 446 g/mol. The summed E-state index contributed by atoms with van der Waals surface area (Å²) in [6, 6.07) is 9.29. The van der Waals surface area contributed by atoms with Crippen molar-refractivity contribution < 1.29 is 19.1 Å². The topological polar surface area (TPSA) is 104 Å². The number of nitrogens with one attached hydrogen (secondary N) is 4. The Morgan fingerprint density at radius 1 is 0.943 bits per heavy atom. The number of alkyl carbamates (subject to hydrolysis) is 1. The monoisotopic (exact) mass is 491 g/mol. The first kappa shape index (κ1) is 29.0. The largest absolute Gasteiger partial charge is 0.459 e. The molecule has 1 heterocycles. The van der Waals surface area contributed by atoms with Crippen LogP contribution in [0.1, 0.15) is 45.6 Å². The average Bonchev–Trinajstić information content (AvgIpc) is 2.80. The fraction of sp³-hybridized carbons (Fsp3) is 0.692. The Morgan fingerprint density at radius 2 is 1.54 bits per heavy atom. The molecule has 1 atom stereocenters. The smallest absolute Gasteiger partial charge is 0.407 e. The van der Waals surface area contributed by atoms with Crippen molar-refractivity contribution >= 4 is 12.1 Å². The zero-order valence-electron chi connectivity index (χ0n) is 21.7. The van der Waals surface area contributed by atoms with Crippen molar-refractivity contribution in [2.45, 2.75) is 58.3 Å². The maximum absolute atomic E-state index is 13.1. The Labute approximate surface area is 210 Å². The minimum Gasteiger partial charge on any atom is -0.459 e. The molecule has 1 amide bonds. The Bertz CT molecular complexity index is 714. The standard InChI is InChI=1S/C26H45N5O4/c1-26(2,3)35-24(32)23(31-19-17-28-15-13-27-14-16-29-18-20-31)11-7-8-12-30-25(33)34-21-22-9-5-4-6-10-22/h4-6,9-10,23,27-29H,7-8,11-21H2,1-3H3,(H,30,33). The number of ether oxygens (including phenoxy) is 2. The summed E-state index contributed by atoms with van der Waals surface area (Å²) in [6.45, 7) is 13.3. The SMILES string of the molecule is CC(C)(C)OC(=O)C(CCCCNC(=O)OCc1ccccc1)N1CCNCCNCCNCC1. The van der Waals surface area contributed by atoms with E-state index < -0.39 is 11.7 Å². The van der Waals surface area contributed by atoms with Crippen molar-refractivity contribution in [3.63, 3.8) is 0 Å². The predicted octanol–water partition coefficient (Wildman–Crippen LogP) is 1.88. The summed E-state index contributed by atoms with van der Waals surface area (Å²) < 4.78 is 11.0. The van der Waals surface area contributed by atoms with Crippen molar-refractivity contribution in [3.05, 3.63) is 35.9 Å². The van der Waals surface area contributed by atoms with Crippen LogP contribution < -0.4 is 21.3 Å². The number of esters is 1. The van der Waals surface area contributed by atoms with Crippen molar-refractivity contribution in [1.82, 2.24) is 26.2 Å². The maximum atomic E-state index is 13.1. The van der Waals surface area contributed by atoms with Gasteiger partial charge in [-0.2, -0.15) is 0 Å². The fourth-order valence-electron chi connectivity index (χ4n) is 3.84. The van der Waals surface area contributed by atoms with Crippen LogP contribution in [0.25, 0.3) is 0 Å². The number of amides is 1. The summed E-state index contributed by atoms with van der Waals surface area (Å²) in [6.07, 6.45) is 1.81. The lowest BCUT2D eigenvalue weighted by Crippen LogP contribution is -2.50. The zero-order valence-corrected chi connectivity index (χ0v) is 21.7. The fourth-order valence-corrected chi connectivity index (χ4v) is 3.84. The molecule has 1 aromatic rings. The van der Waals surface area contributed by atoms with Crippen LogP contribution in [0.5, 0.6) is 0 Å². The van der Waals surface area contributed by atoms with Crippen LogP contribution in [-0.2, 0) is 20.9 Å². The molecule has 0 bridgehead atoms. The number of hydrogen-bond acceptors (Lipinski definition) is 8. The van der Waals surface area contributed by atoms with E-state index in [9.17, 15) is 9.59 Å². The number of carbonyl (C=O) groups excluding carboxylic acids is 2. The molecule has 9 nitrogen and oxygen atoms in total. The molecule has 1 fully saturated rings. The van der Waals surface area contributed by atoms with Crippen LogP contribution in [0.2, 0.25) is 0 Å². The zero-order chi connectivity index (χ0) is 25.4. The predicted molar refractivity (Wildman–Crippen MR) is 138 cm³/mol. The first-order valence-electron chi connectivity index (χ1n) is 12.9. The Morgan fingerprint density at radius 3 is 2.14 bits per heavy atom. The Hall–Kier alpha value is -2.20. The molecule has 4 N–H and O–H groups in total. The maximum Gasteiger partial charge on any atom is 0.407 e. The highest BCUT2D eigenvalue weighted by molar-refractivity contribution is 5.76. The molecule has 0 spiro atoms. The minimum atomic E-state index is -0.534. The molecule has 1 unspecified atom stereocenters. The molecule has 0 radical (unpaired) electrons. The second-order valence-corrected chi connectivity index (χ2v) is 9.82. The molecule has 1 aliphatic heterocycles. The second-order valence-electron chi connectivity index (χ2n) is 9.82. The van der Waals surface area contributed by atoms with Crippen molar-refractivity contribution in [3.8, 4) is 0 Å². The Kier molecular flexibility index (Phi) is 13.7. The quantitative estimate of drug-likeness (QED) is 0.307. The summed E-state index contributed by atoms with van der Waals surface area (Å²) in [5.41, 5.74) is 0.419. The van der Waals surface area contributed by atoms with Crippen molar-refractivity contribution in [2.75, 3.05) is 58.9 Å². The minimum absolute atomic E-state index is 0.179. The third-order valence-electron chi connectivity index (χ3n) is 5.61. The molecule has 9 heteroatoms. The summed E-state index contributed by atoms with van der Waals surface area (Å²) in [5, 5.41) is 13.1.